The van der Waals surface area contributed by atoms with Gasteiger partial charge in [0, 0.05) is 4.47 Å². The van der Waals surface area contributed by atoms with Gasteiger partial charge >= 0.3 is 5.97 Å². The Balaban J connectivity index is 2.93. The molecule has 0 aliphatic carbocycles. The van der Waals surface area contributed by atoms with Gasteiger partial charge in [0.1, 0.15) is 11.7 Å². The van der Waals surface area contributed by atoms with E-state index in [4.69, 9.17) is 9.84 Å². The van der Waals surface area contributed by atoms with Crippen LogP contribution in [0.5, 0.6) is 5.75 Å². The Labute approximate surface area is 113 Å². The third-order valence-corrected chi connectivity index (χ3v) is 2.94. The van der Waals surface area contributed by atoms with E-state index in [9.17, 15) is 9.59 Å². The standard InChI is InChI=1S/C12H14BrNO4/c1-3-8(12(16)17)11(15)14-9-6-7(13)4-5-10(9)18-2/h4-6,8H,3H2,1-2H3,(H,14,15)(H,16,17). The van der Waals surface area contributed by atoms with E-state index in [0.717, 1.165) is 4.47 Å². The van der Waals surface area contributed by atoms with Crippen molar-refractivity contribution < 1.29 is 19.4 Å². The second-order valence-electron chi connectivity index (χ2n) is 3.63. The SMILES string of the molecule is CCC(C(=O)O)C(=O)Nc1cc(Br)ccc1OC. The normalized spacial score (nSPS) is 11.7. The third kappa shape index (κ3) is 3.46. The van der Waals surface area contributed by atoms with Crippen molar-refractivity contribution >= 4 is 33.5 Å². The molecule has 0 saturated carbocycles. The Bertz CT molecular complexity index is 461. The van der Waals surface area contributed by atoms with Crippen LogP contribution in [0.15, 0.2) is 22.7 Å². The van der Waals surface area contributed by atoms with Crippen molar-refractivity contribution in [3.8, 4) is 5.75 Å². The maximum atomic E-state index is 11.8. The lowest BCUT2D eigenvalue weighted by atomic mass is 10.1. The molecule has 6 heteroatoms. The van der Waals surface area contributed by atoms with E-state index in [1.807, 2.05) is 0 Å². The van der Waals surface area contributed by atoms with Crippen molar-refractivity contribution in [3.63, 3.8) is 0 Å². The number of carbonyl (C=O) groups excluding carboxylic acids is 1. The second-order valence-corrected chi connectivity index (χ2v) is 4.55. The molecule has 5 nitrogen and oxygen atoms in total. The van der Waals surface area contributed by atoms with Gasteiger partial charge in [-0.15, -0.1) is 0 Å². The van der Waals surface area contributed by atoms with E-state index < -0.39 is 17.8 Å². The number of ether oxygens (including phenoxy) is 1. The van der Waals surface area contributed by atoms with Gasteiger partial charge in [0.25, 0.3) is 0 Å². The summed E-state index contributed by atoms with van der Waals surface area (Å²) in [6.07, 6.45) is 0.234. The number of anilines is 1. The predicted molar refractivity (Wildman–Crippen MR) is 70.7 cm³/mol. The molecule has 0 heterocycles. The maximum absolute atomic E-state index is 11.8. The number of nitrogens with one attached hydrogen (secondary N) is 1. The van der Waals surface area contributed by atoms with Crippen LogP contribution in [0.25, 0.3) is 0 Å². The lowest BCUT2D eigenvalue weighted by Gasteiger charge is -2.13. The van der Waals surface area contributed by atoms with Crippen molar-refractivity contribution in [2.75, 3.05) is 12.4 Å². The number of hydrogen-bond acceptors (Lipinski definition) is 3. The third-order valence-electron chi connectivity index (χ3n) is 2.44. The van der Waals surface area contributed by atoms with E-state index in [1.165, 1.54) is 7.11 Å². The van der Waals surface area contributed by atoms with Crippen molar-refractivity contribution in [3.05, 3.63) is 22.7 Å². The average Bonchev–Trinajstić information content (AvgIpc) is 2.29. The van der Waals surface area contributed by atoms with Gasteiger partial charge in [-0.05, 0) is 24.6 Å². The lowest BCUT2D eigenvalue weighted by molar-refractivity contribution is -0.145. The Morgan fingerprint density at radius 2 is 2.17 bits per heavy atom. The van der Waals surface area contributed by atoms with Gasteiger partial charge in [-0.25, -0.2) is 0 Å². The number of methoxy groups -OCH3 is 1. The minimum absolute atomic E-state index is 0.234. The first-order chi connectivity index (χ1) is 8.49. The molecule has 1 atom stereocenters. The quantitative estimate of drug-likeness (QED) is 0.819. The molecule has 0 saturated heterocycles. The van der Waals surface area contributed by atoms with Gasteiger partial charge < -0.3 is 15.2 Å². The predicted octanol–water partition coefficient (Wildman–Crippen LogP) is 2.51. The lowest BCUT2D eigenvalue weighted by Crippen LogP contribution is -2.29. The van der Waals surface area contributed by atoms with Crippen LogP contribution in [0.1, 0.15) is 13.3 Å². The molecule has 0 fully saturated rings. The van der Waals surface area contributed by atoms with Crippen molar-refractivity contribution in [2.45, 2.75) is 13.3 Å². The number of hydrogen-bond donors (Lipinski definition) is 2. The maximum Gasteiger partial charge on any atom is 0.316 e. The van der Waals surface area contributed by atoms with Crippen LogP contribution in [0.4, 0.5) is 5.69 Å². The zero-order valence-corrected chi connectivity index (χ0v) is 11.7. The van der Waals surface area contributed by atoms with Gasteiger partial charge in [0.05, 0.1) is 12.8 Å². The monoisotopic (exact) mass is 315 g/mol. The molecular weight excluding hydrogens is 302 g/mol. The summed E-state index contributed by atoms with van der Waals surface area (Å²) in [6, 6.07) is 5.11. The number of halogens is 1. The summed E-state index contributed by atoms with van der Waals surface area (Å²) in [7, 11) is 1.48. The number of benzene rings is 1. The van der Waals surface area contributed by atoms with Crippen LogP contribution in [0.2, 0.25) is 0 Å². The summed E-state index contributed by atoms with van der Waals surface area (Å²) in [6.45, 7) is 1.65. The second kappa shape index (κ2) is 6.39. The van der Waals surface area contributed by atoms with Gasteiger partial charge in [-0.2, -0.15) is 0 Å². The van der Waals surface area contributed by atoms with Crippen molar-refractivity contribution in [1.29, 1.82) is 0 Å². The number of rotatable bonds is 5. The van der Waals surface area contributed by atoms with Gasteiger partial charge in [-0.1, -0.05) is 22.9 Å². The molecule has 0 aliphatic heterocycles. The number of aliphatic carboxylic acids is 1. The fourth-order valence-electron chi connectivity index (χ4n) is 1.47. The highest BCUT2D eigenvalue weighted by Gasteiger charge is 2.24. The molecule has 1 amide bonds. The highest BCUT2D eigenvalue weighted by Crippen LogP contribution is 2.28. The topological polar surface area (TPSA) is 75.6 Å². The number of amides is 1. The Kier molecular flexibility index (Phi) is 5.15. The van der Waals surface area contributed by atoms with Crippen molar-refractivity contribution in [1.82, 2.24) is 0 Å². The first kappa shape index (κ1) is 14.5. The smallest absolute Gasteiger partial charge is 0.316 e. The van der Waals surface area contributed by atoms with Gasteiger partial charge in [0.15, 0.2) is 0 Å². The van der Waals surface area contributed by atoms with E-state index in [0.29, 0.717) is 11.4 Å². The highest BCUT2D eigenvalue weighted by atomic mass is 79.9. The number of carboxylic acid groups (broad SMARTS) is 1. The molecule has 0 aliphatic rings. The van der Waals surface area contributed by atoms with Crippen LogP contribution in [0.3, 0.4) is 0 Å². The molecular formula is C12H14BrNO4. The summed E-state index contributed by atoms with van der Waals surface area (Å²) in [5.74, 6) is -2.27. The van der Waals surface area contributed by atoms with Crippen LogP contribution in [0, 0.1) is 5.92 Å². The molecule has 1 unspecified atom stereocenters. The van der Waals surface area contributed by atoms with Gasteiger partial charge in [0.2, 0.25) is 5.91 Å². The molecule has 0 bridgehead atoms. The van der Waals surface area contributed by atoms with Crippen LogP contribution < -0.4 is 10.1 Å². The fraction of sp³-hybridized carbons (Fsp3) is 0.333. The molecule has 1 rings (SSSR count). The summed E-state index contributed by atoms with van der Waals surface area (Å²) < 4.78 is 5.86. The van der Waals surface area contributed by atoms with Crippen molar-refractivity contribution in [2.24, 2.45) is 5.92 Å². The molecule has 1 aromatic carbocycles. The number of carboxylic acids is 1. The molecule has 1 aromatic rings. The summed E-state index contributed by atoms with van der Waals surface area (Å²) in [5, 5.41) is 11.5. The summed E-state index contributed by atoms with van der Waals surface area (Å²) in [5.41, 5.74) is 0.441. The Morgan fingerprint density at radius 1 is 1.50 bits per heavy atom. The molecule has 98 valence electrons. The van der Waals surface area contributed by atoms with Crippen LogP contribution in [-0.4, -0.2) is 24.1 Å². The molecule has 2 N–H and O–H groups in total. The summed E-state index contributed by atoms with van der Waals surface area (Å²) in [4.78, 5) is 22.7. The molecule has 0 spiro atoms. The molecule has 18 heavy (non-hydrogen) atoms. The first-order valence-corrected chi connectivity index (χ1v) is 6.16. The van der Waals surface area contributed by atoms with Crippen LogP contribution in [-0.2, 0) is 9.59 Å². The highest BCUT2D eigenvalue weighted by molar-refractivity contribution is 9.10. The van der Waals surface area contributed by atoms with E-state index in [-0.39, 0.29) is 6.42 Å². The molecule has 0 radical (unpaired) electrons. The largest absolute Gasteiger partial charge is 0.495 e. The van der Waals surface area contributed by atoms with Crippen LogP contribution >= 0.6 is 15.9 Å². The zero-order chi connectivity index (χ0) is 13.7. The molecule has 0 aromatic heterocycles. The van der Waals surface area contributed by atoms with Gasteiger partial charge in [-0.3, -0.25) is 9.59 Å². The minimum atomic E-state index is -1.14. The zero-order valence-electron chi connectivity index (χ0n) is 10.1. The Morgan fingerprint density at radius 3 is 2.67 bits per heavy atom. The van der Waals surface area contributed by atoms with E-state index in [2.05, 4.69) is 21.2 Å². The number of carbonyl (C=O) groups is 2. The fourth-order valence-corrected chi connectivity index (χ4v) is 1.83. The van der Waals surface area contributed by atoms with E-state index in [1.54, 1.807) is 25.1 Å². The Hall–Kier alpha value is -1.56. The van der Waals surface area contributed by atoms with E-state index >= 15 is 0 Å². The summed E-state index contributed by atoms with van der Waals surface area (Å²) >= 11 is 3.28. The first-order valence-electron chi connectivity index (χ1n) is 5.36. The average molecular weight is 316 g/mol. The minimum Gasteiger partial charge on any atom is -0.495 e.